The van der Waals surface area contributed by atoms with Crippen LogP contribution in [0.15, 0.2) is 12.3 Å². The maximum absolute atomic E-state index is 9.38. The average Bonchev–Trinajstić information content (AvgIpc) is 1.35. The Bertz CT molecular complexity index is 62.6. The zero-order valence-electron chi connectivity index (χ0n) is 6.01. The van der Waals surface area contributed by atoms with Crippen molar-refractivity contribution in [3.05, 3.63) is 12.3 Å². The first-order chi connectivity index (χ1) is 2.56. The third-order valence-electron chi connectivity index (χ3n) is 0.250. The van der Waals surface area contributed by atoms with Crippen LogP contribution in [0.3, 0.4) is 0 Å². The monoisotopic (exact) mass is 220 g/mol. The summed E-state index contributed by atoms with van der Waals surface area (Å²) in [6, 6.07) is 0. The average molecular weight is 220 g/mol. The minimum atomic E-state index is -4.62. The van der Waals surface area contributed by atoms with E-state index in [4.69, 9.17) is 0 Å². The van der Waals surface area contributed by atoms with Gasteiger partial charge in [0.2, 0.25) is 0 Å². The molecular formula is C2H3K3O3Si. The molecule has 0 radical (unpaired) electrons. The predicted molar refractivity (Wildman–Crippen MR) is 16.0 cm³/mol. The molecule has 0 rings (SSSR count). The van der Waals surface area contributed by atoms with Gasteiger partial charge in [0.15, 0.2) is 0 Å². The Balaban J connectivity index is -0.0000000417. The SMILES string of the molecule is C=C[Si]([O-])([O-])[O-].[K+].[K+].[K+]. The van der Waals surface area contributed by atoms with Crippen molar-refractivity contribution >= 4 is 8.80 Å². The molecule has 9 heavy (non-hydrogen) atoms. The fourth-order valence-electron chi connectivity index (χ4n) is 0. The summed E-state index contributed by atoms with van der Waals surface area (Å²) in [7, 11) is -4.62. The third kappa shape index (κ3) is 24.5. The summed E-state index contributed by atoms with van der Waals surface area (Å²) in [4.78, 5) is 28.1. The Kier molecular flexibility index (Phi) is 33.3. The molecule has 0 N–H and O–H groups in total. The summed E-state index contributed by atoms with van der Waals surface area (Å²) >= 11 is 0. The first-order valence-electron chi connectivity index (χ1n) is 1.31. The molecule has 0 saturated carbocycles. The molecule has 0 aliphatic rings. The summed E-state index contributed by atoms with van der Waals surface area (Å²) < 4.78 is 0. The van der Waals surface area contributed by atoms with Crippen molar-refractivity contribution < 1.29 is 169 Å². The van der Waals surface area contributed by atoms with Gasteiger partial charge < -0.3 is 14.4 Å². The van der Waals surface area contributed by atoms with Crippen LogP contribution in [-0.4, -0.2) is 8.80 Å². The van der Waals surface area contributed by atoms with Crippen molar-refractivity contribution in [2.45, 2.75) is 0 Å². The molecule has 3 nitrogen and oxygen atoms in total. The second kappa shape index (κ2) is 12.7. The molecule has 0 saturated heterocycles. The van der Waals surface area contributed by atoms with Crippen LogP contribution < -0.4 is 169 Å². The van der Waals surface area contributed by atoms with E-state index in [1.165, 1.54) is 0 Å². The second-order valence-corrected chi connectivity index (χ2v) is 2.42. The first kappa shape index (κ1) is 23.5. The number of hydrogen-bond donors (Lipinski definition) is 0. The van der Waals surface area contributed by atoms with Crippen LogP contribution in [0.25, 0.3) is 0 Å². The molecule has 0 heterocycles. The molecule has 0 aromatic carbocycles. The van der Waals surface area contributed by atoms with Gasteiger partial charge in [-0.2, -0.15) is 5.70 Å². The number of hydrogen-bond acceptors (Lipinski definition) is 3. The van der Waals surface area contributed by atoms with Gasteiger partial charge in [-0.25, -0.2) is 0 Å². The van der Waals surface area contributed by atoms with Crippen molar-refractivity contribution in [2.75, 3.05) is 0 Å². The van der Waals surface area contributed by atoms with E-state index in [9.17, 15) is 14.4 Å². The Hall–Kier alpha value is 4.75. The van der Waals surface area contributed by atoms with Gasteiger partial charge in [-0.15, -0.1) is 6.58 Å². The zero-order valence-corrected chi connectivity index (χ0v) is 16.4. The van der Waals surface area contributed by atoms with E-state index >= 15 is 0 Å². The molecule has 0 bridgehead atoms. The molecule has 0 aromatic rings. The standard InChI is InChI=1S/C2H3O3Si.3K/c1-2-6(3,4)5;;;/h2H,1H2;;;/q-3;3*+1. The van der Waals surface area contributed by atoms with Gasteiger partial charge in [-0.3, -0.25) is 8.80 Å². The van der Waals surface area contributed by atoms with E-state index in [0.29, 0.717) is 5.70 Å². The molecule has 36 valence electrons. The van der Waals surface area contributed by atoms with Gasteiger partial charge >= 0.3 is 154 Å². The normalized spacial score (nSPS) is 7.44. The first-order valence-corrected chi connectivity index (χ1v) is 3.11. The summed E-state index contributed by atoms with van der Waals surface area (Å²) in [6.07, 6.45) is 0. The summed E-state index contributed by atoms with van der Waals surface area (Å²) in [5.74, 6) is 0. The molecule has 0 fully saturated rings. The molecular weight excluding hydrogens is 217 g/mol. The van der Waals surface area contributed by atoms with Crippen molar-refractivity contribution in [3.63, 3.8) is 0 Å². The van der Waals surface area contributed by atoms with E-state index in [2.05, 4.69) is 6.58 Å². The summed E-state index contributed by atoms with van der Waals surface area (Å²) in [6.45, 7) is 2.76. The third-order valence-corrected chi connectivity index (χ3v) is 0.750. The Labute approximate surface area is 183 Å². The summed E-state index contributed by atoms with van der Waals surface area (Å²) in [5.41, 5.74) is 0.410. The quantitative estimate of drug-likeness (QED) is 0.412. The summed E-state index contributed by atoms with van der Waals surface area (Å²) in [5, 5.41) is 0. The van der Waals surface area contributed by atoms with E-state index in [1.807, 2.05) is 0 Å². The molecule has 0 amide bonds. The Morgan fingerprint density at radius 3 is 1.11 bits per heavy atom. The molecule has 0 unspecified atom stereocenters. The van der Waals surface area contributed by atoms with Gasteiger partial charge in [0, 0.05) is 0 Å². The molecule has 0 aliphatic heterocycles. The van der Waals surface area contributed by atoms with Crippen LogP contribution in [0.5, 0.6) is 0 Å². The van der Waals surface area contributed by atoms with Crippen LogP contribution in [-0.2, 0) is 0 Å². The van der Waals surface area contributed by atoms with Gasteiger partial charge in [0.25, 0.3) is 0 Å². The smallest absolute Gasteiger partial charge is 0.878 e. The molecule has 7 heteroatoms. The molecule has 0 spiro atoms. The maximum Gasteiger partial charge on any atom is 1.00 e. The largest absolute Gasteiger partial charge is 1.00 e. The second-order valence-electron chi connectivity index (χ2n) is 0.808. The van der Waals surface area contributed by atoms with Crippen molar-refractivity contribution in [3.8, 4) is 0 Å². The topological polar surface area (TPSA) is 69.2 Å². The van der Waals surface area contributed by atoms with Crippen LogP contribution >= 0.6 is 0 Å². The van der Waals surface area contributed by atoms with Crippen molar-refractivity contribution in [1.82, 2.24) is 0 Å². The van der Waals surface area contributed by atoms with Gasteiger partial charge in [0.05, 0.1) is 0 Å². The van der Waals surface area contributed by atoms with Crippen LogP contribution in [0.1, 0.15) is 0 Å². The fraction of sp³-hybridized carbons (Fsp3) is 0. The predicted octanol–water partition coefficient (Wildman–Crippen LogP) is -12.3. The molecule has 0 aliphatic carbocycles. The van der Waals surface area contributed by atoms with Crippen LogP contribution in [0.2, 0.25) is 0 Å². The number of rotatable bonds is 1. The van der Waals surface area contributed by atoms with Crippen LogP contribution in [0.4, 0.5) is 0 Å². The van der Waals surface area contributed by atoms with E-state index in [1.54, 1.807) is 0 Å². The van der Waals surface area contributed by atoms with Gasteiger partial charge in [-0.05, 0) is 0 Å². The fourth-order valence-corrected chi connectivity index (χ4v) is 0. The maximum atomic E-state index is 9.38. The zero-order chi connectivity index (χ0) is 5.21. The minimum Gasteiger partial charge on any atom is -0.878 e. The van der Waals surface area contributed by atoms with E-state index in [-0.39, 0.29) is 154 Å². The molecule has 0 atom stereocenters. The van der Waals surface area contributed by atoms with E-state index in [0.717, 1.165) is 0 Å². The van der Waals surface area contributed by atoms with Gasteiger partial charge in [-0.1, -0.05) is 0 Å². The molecule has 0 aromatic heterocycles. The van der Waals surface area contributed by atoms with Gasteiger partial charge in [0.1, 0.15) is 0 Å². The van der Waals surface area contributed by atoms with E-state index < -0.39 is 8.80 Å². The van der Waals surface area contributed by atoms with Crippen LogP contribution in [0, 0.1) is 0 Å². The van der Waals surface area contributed by atoms with Crippen molar-refractivity contribution in [1.29, 1.82) is 0 Å². The minimum absolute atomic E-state index is 0. The Morgan fingerprint density at radius 1 is 1.00 bits per heavy atom. The Morgan fingerprint density at radius 2 is 1.11 bits per heavy atom. The van der Waals surface area contributed by atoms with Crippen molar-refractivity contribution in [2.24, 2.45) is 0 Å².